The molecule has 0 saturated carbocycles. The van der Waals surface area contributed by atoms with Crippen LogP contribution in [0, 0.1) is 13.8 Å². The smallest absolute Gasteiger partial charge is 0.130 e. The van der Waals surface area contributed by atoms with Gasteiger partial charge < -0.3 is 10.4 Å². The summed E-state index contributed by atoms with van der Waals surface area (Å²) in [4.78, 5) is 0. The standard InChI is InChI=1S/C19H20BrNO/c1-10-3-5-13-15(11(10)2)9-21-17-6-4-12-7-16(20)18(22)8-14(12)19(13)17/h3,5,7-8,17,19,21-22H,4,6,9H2,1-2H3/t17-,19-/m1/s1. The van der Waals surface area contributed by atoms with Gasteiger partial charge in [-0.2, -0.15) is 0 Å². The Bertz CT molecular complexity index is 767. The van der Waals surface area contributed by atoms with Crippen LogP contribution in [0.3, 0.4) is 0 Å². The average molecular weight is 358 g/mol. The zero-order valence-electron chi connectivity index (χ0n) is 12.9. The van der Waals surface area contributed by atoms with E-state index in [4.69, 9.17) is 0 Å². The highest BCUT2D eigenvalue weighted by Crippen LogP contribution is 2.44. The van der Waals surface area contributed by atoms with Crippen molar-refractivity contribution in [3.05, 3.63) is 62.1 Å². The molecule has 0 aromatic heterocycles. The maximum Gasteiger partial charge on any atom is 0.130 e. The van der Waals surface area contributed by atoms with Crippen molar-refractivity contribution in [2.45, 2.75) is 45.2 Å². The number of halogens is 1. The summed E-state index contributed by atoms with van der Waals surface area (Å²) in [6.45, 7) is 5.36. The molecule has 2 atom stereocenters. The maximum absolute atomic E-state index is 10.1. The van der Waals surface area contributed by atoms with Gasteiger partial charge in [-0.25, -0.2) is 0 Å². The number of benzene rings is 2. The first-order valence-corrected chi connectivity index (χ1v) is 8.69. The molecule has 2 aromatic rings. The molecule has 2 N–H and O–H groups in total. The van der Waals surface area contributed by atoms with Crippen LogP contribution in [0.5, 0.6) is 5.75 Å². The Hall–Kier alpha value is -1.32. The molecule has 0 amide bonds. The number of aryl methyl sites for hydroxylation is 2. The molecule has 2 aliphatic rings. The molecule has 0 saturated heterocycles. The van der Waals surface area contributed by atoms with Crippen LogP contribution in [-0.4, -0.2) is 11.1 Å². The molecule has 1 aliphatic carbocycles. The Morgan fingerprint density at radius 3 is 2.82 bits per heavy atom. The molecular formula is C19H20BrNO. The van der Waals surface area contributed by atoms with Crippen LogP contribution >= 0.6 is 15.9 Å². The van der Waals surface area contributed by atoms with Crippen molar-refractivity contribution in [3.8, 4) is 5.75 Å². The zero-order valence-corrected chi connectivity index (χ0v) is 14.5. The van der Waals surface area contributed by atoms with E-state index in [2.05, 4.69) is 53.3 Å². The van der Waals surface area contributed by atoms with E-state index in [0.29, 0.717) is 17.7 Å². The second-order valence-electron chi connectivity index (χ2n) is 6.58. The molecule has 0 radical (unpaired) electrons. The van der Waals surface area contributed by atoms with Crippen molar-refractivity contribution in [3.63, 3.8) is 0 Å². The number of aromatic hydroxyl groups is 1. The summed E-state index contributed by atoms with van der Waals surface area (Å²) in [5.74, 6) is 0.696. The van der Waals surface area contributed by atoms with E-state index in [1.807, 2.05) is 6.07 Å². The third-order valence-corrected chi connectivity index (χ3v) is 6.09. The Kier molecular flexibility index (Phi) is 3.31. The first kappa shape index (κ1) is 14.3. The largest absolute Gasteiger partial charge is 0.507 e. The topological polar surface area (TPSA) is 32.3 Å². The second kappa shape index (κ2) is 5.10. The number of rotatable bonds is 0. The molecule has 4 rings (SSSR count). The maximum atomic E-state index is 10.1. The molecule has 0 unspecified atom stereocenters. The molecule has 0 bridgehead atoms. The number of phenols is 1. The predicted octanol–water partition coefficient (Wildman–Crippen LogP) is 4.32. The van der Waals surface area contributed by atoms with E-state index in [1.165, 1.54) is 33.4 Å². The summed E-state index contributed by atoms with van der Waals surface area (Å²) >= 11 is 3.45. The van der Waals surface area contributed by atoms with E-state index < -0.39 is 0 Å². The van der Waals surface area contributed by atoms with Crippen LogP contribution in [0.1, 0.15) is 45.7 Å². The normalized spacial score (nSPS) is 22.7. The molecular weight excluding hydrogens is 338 g/mol. The van der Waals surface area contributed by atoms with Crippen LogP contribution in [0.25, 0.3) is 0 Å². The SMILES string of the molecule is Cc1ccc2c(c1C)CN[C@@H]1CCc3cc(Br)c(O)cc3[C@@H]21. The number of fused-ring (bicyclic) bond motifs is 5. The van der Waals surface area contributed by atoms with Gasteiger partial charge in [0.05, 0.1) is 4.47 Å². The fourth-order valence-corrected chi connectivity index (χ4v) is 4.47. The fraction of sp³-hybridized carbons (Fsp3) is 0.368. The van der Waals surface area contributed by atoms with Crippen molar-refractivity contribution in [1.82, 2.24) is 5.32 Å². The molecule has 3 heteroatoms. The van der Waals surface area contributed by atoms with Crippen LogP contribution < -0.4 is 5.32 Å². The van der Waals surface area contributed by atoms with Gasteiger partial charge in [0.2, 0.25) is 0 Å². The van der Waals surface area contributed by atoms with Crippen molar-refractivity contribution in [1.29, 1.82) is 0 Å². The molecule has 1 aliphatic heterocycles. The van der Waals surface area contributed by atoms with Crippen LogP contribution in [0.2, 0.25) is 0 Å². The minimum atomic E-state index is 0.343. The number of hydrogen-bond acceptors (Lipinski definition) is 2. The van der Waals surface area contributed by atoms with E-state index in [-0.39, 0.29) is 0 Å². The van der Waals surface area contributed by atoms with Crippen LogP contribution in [-0.2, 0) is 13.0 Å². The van der Waals surface area contributed by atoms with Gasteiger partial charge in [-0.3, -0.25) is 0 Å². The Morgan fingerprint density at radius 2 is 2.00 bits per heavy atom. The molecule has 0 spiro atoms. The van der Waals surface area contributed by atoms with Gasteiger partial charge in [0, 0.05) is 18.5 Å². The third kappa shape index (κ3) is 2.03. The van der Waals surface area contributed by atoms with E-state index >= 15 is 0 Å². The van der Waals surface area contributed by atoms with E-state index in [9.17, 15) is 5.11 Å². The summed E-state index contributed by atoms with van der Waals surface area (Å²) in [6, 6.07) is 9.06. The van der Waals surface area contributed by atoms with Gasteiger partial charge in [-0.1, -0.05) is 12.1 Å². The number of phenolic OH excluding ortho intramolecular Hbond substituents is 1. The quantitative estimate of drug-likeness (QED) is 0.735. The lowest BCUT2D eigenvalue weighted by molar-refractivity contribution is 0.390. The van der Waals surface area contributed by atoms with Gasteiger partial charge >= 0.3 is 0 Å². The molecule has 0 fully saturated rings. The molecule has 2 aromatic carbocycles. The first-order chi connectivity index (χ1) is 10.6. The van der Waals surface area contributed by atoms with Crippen molar-refractivity contribution in [2.24, 2.45) is 0 Å². The summed E-state index contributed by atoms with van der Waals surface area (Å²) in [5.41, 5.74) is 8.28. The fourth-order valence-electron chi connectivity index (χ4n) is 4.08. The summed E-state index contributed by atoms with van der Waals surface area (Å²) < 4.78 is 0.800. The first-order valence-electron chi connectivity index (χ1n) is 7.90. The molecule has 2 nitrogen and oxygen atoms in total. The molecule has 114 valence electrons. The van der Waals surface area contributed by atoms with Gasteiger partial charge in [0.15, 0.2) is 0 Å². The van der Waals surface area contributed by atoms with Gasteiger partial charge in [0.1, 0.15) is 5.75 Å². The lowest BCUT2D eigenvalue weighted by Gasteiger charge is -2.40. The highest BCUT2D eigenvalue weighted by Gasteiger charge is 2.36. The highest BCUT2D eigenvalue weighted by atomic mass is 79.9. The lowest BCUT2D eigenvalue weighted by Crippen LogP contribution is -2.43. The monoisotopic (exact) mass is 357 g/mol. The van der Waals surface area contributed by atoms with Crippen LogP contribution in [0.4, 0.5) is 0 Å². The van der Waals surface area contributed by atoms with Crippen molar-refractivity contribution >= 4 is 15.9 Å². The zero-order chi connectivity index (χ0) is 15.4. The second-order valence-corrected chi connectivity index (χ2v) is 7.44. The van der Waals surface area contributed by atoms with Crippen molar-refractivity contribution in [2.75, 3.05) is 0 Å². The van der Waals surface area contributed by atoms with E-state index in [1.54, 1.807) is 0 Å². The predicted molar refractivity (Wildman–Crippen MR) is 92.5 cm³/mol. The van der Waals surface area contributed by atoms with Crippen LogP contribution in [0.15, 0.2) is 28.7 Å². The average Bonchev–Trinajstić information content (AvgIpc) is 2.51. The van der Waals surface area contributed by atoms with Gasteiger partial charge in [-0.15, -0.1) is 0 Å². The van der Waals surface area contributed by atoms with Gasteiger partial charge in [0.25, 0.3) is 0 Å². The summed E-state index contributed by atoms with van der Waals surface area (Å²) in [5, 5.41) is 13.9. The number of hydrogen-bond donors (Lipinski definition) is 2. The Labute approximate surface area is 139 Å². The third-order valence-electron chi connectivity index (χ3n) is 5.45. The lowest BCUT2D eigenvalue weighted by atomic mass is 9.71. The molecule has 1 heterocycles. The Balaban J connectivity index is 1.93. The summed E-state index contributed by atoms with van der Waals surface area (Å²) in [6.07, 6.45) is 2.23. The van der Waals surface area contributed by atoms with E-state index in [0.717, 1.165) is 23.9 Å². The highest BCUT2D eigenvalue weighted by molar-refractivity contribution is 9.10. The molecule has 22 heavy (non-hydrogen) atoms. The minimum Gasteiger partial charge on any atom is -0.507 e. The van der Waals surface area contributed by atoms with Crippen molar-refractivity contribution < 1.29 is 5.11 Å². The minimum absolute atomic E-state index is 0.343. The Morgan fingerprint density at radius 1 is 1.18 bits per heavy atom. The summed E-state index contributed by atoms with van der Waals surface area (Å²) in [7, 11) is 0. The van der Waals surface area contributed by atoms with Gasteiger partial charge in [-0.05, 0) is 88.1 Å². The number of nitrogens with one attached hydrogen (secondary N) is 1.